The molecule has 1 aromatic carbocycles. The summed E-state index contributed by atoms with van der Waals surface area (Å²) in [7, 11) is 0. The summed E-state index contributed by atoms with van der Waals surface area (Å²) in [5, 5.41) is 2.59. The predicted octanol–water partition coefficient (Wildman–Crippen LogP) is 0.0712. The van der Waals surface area contributed by atoms with Crippen LogP contribution >= 0.6 is 0 Å². The SMILES string of the molecule is C[C@@H](N)C(=O)Nc1ccc(C(N)=O)cc1. The van der Waals surface area contributed by atoms with Crippen molar-refractivity contribution >= 4 is 17.5 Å². The zero-order chi connectivity index (χ0) is 11.4. The standard InChI is InChI=1S/C10H13N3O2/c1-6(11)10(15)13-8-4-2-7(3-5-8)9(12)14/h2-6H,11H2,1H3,(H2,12,14)(H,13,15)/t6-/m1/s1. The average molecular weight is 207 g/mol. The molecule has 1 atom stereocenters. The summed E-state index contributed by atoms with van der Waals surface area (Å²) in [6, 6.07) is 5.71. The Hall–Kier alpha value is -1.88. The first-order valence-electron chi connectivity index (χ1n) is 4.47. The van der Waals surface area contributed by atoms with Gasteiger partial charge in [0.25, 0.3) is 0 Å². The monoisotopic (exact) mass is 207 g/mol. The van der Waals surface area contributed by atoms with Gasteiger partial charge in [-0.25, -0.2) is 0 Å². The van der Waals surface area contributed by atoms with E-state index >= 15 is 0 Å². The Kier molecular flexibility index (Phi) is 3.41. The lowest BCUT2D eigenvalue weighted by molar-refractivity contribution is -0.117. The minimum absolute atomic E-state index is 0.276. The number of amides is 2. The lowest BCUT2D eigenvalue weighted by atomic mass is 10.2. The minimum Gasteiger partial charge on any atom is -0.366 e. The maximum Gasteiger partial charge on any atom is 0.248 e. The molecule has 5 heteroatoms. The van der Waals surface area contributed by atoms with E-state index in [9.17, 15) is 9.59 Å². The van der Waals surface area contributed by atoms with E-state index in [1.165, 1.54) is 0 Å². The third-order valence-electron chi connectivity index (χ3n) is 1.85. The Bertz CT molecular complexity index is 371. The highest BCUT2D eigenvalue weighted by molar-refractivity contribution is 5.96. The van der Waals surface area contributed by atoms with Crippen molar-refractivity contribution in [1.29, 1.82) is 0 Å². The second-order valence-electron chi connectivity index (χ2n) is 3.22. The largest absolute Gasteiger partial charge is 0.366 e. The first-order chi connectivity index (χ1) is 7.00. The number of carbonyl (C=O) groups is 2. The Balaban J connectivity index is 2.73. The summed E-state index contributed by atoms with van der Waals surface area (Å²) in [5.74, 6) is -0.776. The molecule has 0 saturated carbocycles. The van der Waals surface area contributed by atoms with Gasteiger partial charge in [0.15, 0.2) is 0 Å². The second-order valence-corrected chi connectivity index (χ2v) is 3.22. The van der Waals surface area contributed by atoms with E-state index in [0.29, 0.717) is 11.3 Å². The molecule has 2 amide bonds. The lowest BCUT2D eigenvalue weighted by Crippen LogP contribution is -2.32. The number of anilines is 1. The van der Waals surface area contributed by atoms with Gasteiger partial charge in [0.1, 0.15) is 0 Å². The molecule has 5 nitrogen and oxygen atoms in total. The molecule has 0 aliphatic heterocycles. The van der Waals surface area contributed by atoms with Gasteiger partial charge in [-0.15, -0.1) is 0 Å². The average Bonchev–Trinajstić information content (AvgIpc) is 2.18. The van der Waals surface area contributed by atoms with E-state index in [1.54, 1.807) is 31.2 Å². The molecular weight excluding hydrogens is 194 g/mol. The van der Waals surface area contributed by atoms with Crippen LogP contribution in [0.15, 0.2) is 24.3 Å². The van der Waals surface area contributed by atoms with E-state index < -0.39 is 11.9 Å². The highest BCUT2D eigenvalue weighted by Gasteiger charge is 2.07. The van der Waals surface area contributed by atoms with Gasteiger partial charge >= 0.3 is 0 Å². The Morgan fingerprint density at radius 1 is 1.27 bits per heavy atom. The second kappa shape index (κ2) is 4.56. The van der Waals surface area contributed by atoms with Crippen LogP contribution < -0.4 is 16.8 Å². The van der Waals surface area contributed by atoms with Gasteiger partial charge < -0.3 is 16.8 Å². The van der Waals surface area contributed by atoms with Crippen molar-refractivity contribution < 1.29 is 9.59 Å². The number of primary amides is 1. The van der Waals surface area contributed by atoms with Gasteiger partial charge in [0.05, 0.1) is 6.04 Å². The molecule has 0 radical (unpaired) electrons. The molecule has 0 heterocycles. The van der Waals surface area contributed by atoms with Gasteiger partial charge in [0, 0.05) is 11.3 Å². The molecule has 80 valence electrons. The lowest BCUT2D eigenvalue weighted by Gasteiger charge is -2.07. The van der Waals surface area contributed by atoms with E-state index in [4.69, 9.17) is 11.5 Å². The quantitative estimate of drug-likeness (QED) is 0.654. The highest BCUT2D eigenvalue weighted by Crippen LogP contribution is 2.09. The number of nitrogens with two attached hydrogens (primary N) is 2. The molecule has 5 N–H and O–H groups in total. The minimum atomic E-state index is -0.569. The zero-order valence-corrected chi connectivity index (χ0v) is 8.36. The molecule has 0 aromatic heterocycles. The molecule has 0 fully saturated rings. The van der Waals surface area contributed by atoms with Crippen LogP contribution in [0.4, 0.5) is 5.69 Å². The molecule has 0 spiro atoms. The third-order valence-corrected chi connectivity index (χ3v) is 1.85. The summed E-state index contributed by atoms with van der Waals surface area (Å²) >= 11 is 0. The van der Waals surface area contributed by atoms with E-state index in [1.807, 2.05) is 0 Å². The first-order valence-corrected chi connectivity index (χ1v) is 4.47. The van der Waals surface area contributed by atoms with Gasteiger partial charge in [-0.2, -0.15) is 0 Å². The Morgan fingerprint density at radius 2 is 1.80 bits per heavy atom. The van der Waals surface area contributed by atoms with Crippen LogP contribution in [0.2, 0.25) is 0 Å². The normalized spacial score (nSPS) is 11.9. The fourth-order valence-corrected chi connectivity index (χ4v) is 0.974. The number of nitrogens with one attached hydrogen (secondary N) is 1. The number of benzene rings is 1. The van der Waals surface area contributed by atoms with Crippen LogP contribution in [0.1, 0.15) is 17.3 Å². The van der Waals surface area contributed by atoms with Crippen LogP contribution in [-0.2, 0) is 4.79 Å². The maximum atomic E-state index is 11.2. The molecule has 1 rings (SSSR count). The molecule has 0 aliphatic carbocycles. The first kappa shape index (κ1) is 11.2. The van der Waals surface area contributed by atoms with Gasteiger partial charge in [-0.05, 0) is 31.2 Å². The summed E-state index contributed by atoms with van der Waals surface area (Å²) in [6.45, 7) is 1.59. The van der Waals surface area contributed by atoms with Crippen molar-refractivity contribution in [2.75, 3.05) is 5.32 Å². The fraction of sp³-hybridized carbons (Fsp3) is 0.200. The molecule has 0 aliphatic rings. The van der Waals surface area contributed by atoms with Gasteiger partial charge in [-0.1, -0.05) is 0 Å². The van der Waals surface area contributed by atoms with Crippen molar-refractivity contribution in [1.82, 2.24) is 0 Å². The zero-order valence-electron chi connectivity index (χ0n) is 8.36. The predicted molar refractivity (Wildman–Crippen MR) is 57.2 cm³/mol. The maximum absolute atomic E-state index is 11.2. The molecule has 0 saturated heterocycles. The van der Waals surface area contributed by atoms with Crippen LogP contribution in [0, 0.1) is 0 Å². The van der Waals surface area contributed by atoms with Crippen molar-refractivity contribution in [3.63, 3.8) is 0 Å². The van der Waals surface area contributed by atoms with Gasteiger partial charge in [0.2, 0.25) is 11.8 Å². The van der Waals surface area contributed by atoms with E-state index in [0.717, 1.165) is 0 Å². The number of hydrogen-bond donors (Lipinski definition) is 3. The van der Waals surface area contributed by atoms with Crippen molar-refractivity contribution in [3.8, 4) is 0 Å². The van der Waals surface area contributed by atoms with Crippen molar-refractivity contribution in [2.45, 2.75) is 13.0 Å². The van der Waals surface area contributed by atoms with Crippen molar-refractivity contribution in [2.24, 2.45) is 11.5 Å². The molecular formula is C10H13N3O2. The summed E-state index contributed by atoms with van der Waals surface area (Å²) < 4.78 is 0. The highest BCUT2D eigenvalue weighted by atomic mass is 16.2. The van der Waals surface area contributed by atoms with Gasteiger partial charge in [-0.3, -0.25) is 9.59 Å². The number of carbonyl (C=O) groups excluding carboxylic acids is 2. The summed E-state index contributed by atoms with van der Waals surface area (Å²) in [5.41, 5.74) is 11.4. The van der Waals surface area contributed by atoms with E-state index in [2.05, 4.69) is 5.32 Å². The Labute approximate surface area is 87.4 Å². The van der Waals surface area contributed by atoms with Crippen molar-refractivity contribution in [3.05, 3.63) is 29.8 Å². The van der Waals surface area contributed by atoms with Crippen LogP contribution in [0.3, 0.4) is 0 Å². The molecule has 1 aromatic rings. The smallest absolute Gasteiger partial charge is 0.248 e. The third kappa shape index (κ3) is 3.07. The number of rotatable bonds is 3. The molecule has 0 unspecified atom stereocenters. The summed E-state index contributed by atoms with van der Waals surface area (Å²) in [4.78, 5) is 22.0. The van der Waals surface area contributed by atoms with Crippen LogP contribution in [0.5, 0.6) is 0 Å². The molecule has 15 heavy (non-hydrogen) atoms. The van der Waals surface area contributed by atoms with Crippen LogP contribution in [0.25, 0.3) is 0 Å². The number of hydrogen-bond acceptors (Lipinski definition) is 3. The van der Waals surface area contributed by atoms with Crippen LogP contribution in [-0.4, -0.2) is 17.9 Å². The Morgan fingerprint density at radius 3 is 2.20 bits per heavy atom. The molecule has 0 bridgehead atoms. The summed E-state index contributed by atoms with van der Waals surface area (Å²) in [6.07, 6.45) is 0. The van der Waals surface area contributed by atoms with E-state index in [-0.39, 0.29) is 5.91 Å². The fourth-order valence-electron chi connectivity index (χ4n) is 0.974. The topological polar surface area (TPSA) is 98.2 Å².